The molecule has 0 amide bonds. The molecular weight excluding hydrogens is 212 g/mol. The maximum absolute atomic E-state index is 3.70. The van der Waals surface area contributed by atoms with Crippen LogP contribution in [0.2, 0.25) is 0 Å². The van der Waals surface area contributed by atoms with Crippen molar-refractivity contribution in [2.45, 2.75) is 57.2 Å². The molecule has 0 bridgehead atoms. The van der Waals surface area contributed by atoms with Crippen molar-refractivity contribution < 1.29 is 0 Å². The Morgan fingerprint density at radius 3 is 1.92 bits per heavy atom. The highest BCUT2D eigenvalue weighted by Gasteiger charge is 2.21. The van der Waals surface area contributed by atoms with E-state index >= 15 is 0 Å². The van der Waals surface area contributed by atoms with E-state index in [4.69, 9.17) is 0 Å². The van der Waals surface area contributed by atoms with Gasteiger partial charge in [-0.1, -0.05) is 68.3 Å². The lowest BCUT2D eigenvalue weighted by Gasteiger charge is -2.24. The third kappa shape index (κ3) is 3.08. The van der Waals surface area contributed by atoms with Crippen LogP contribution in [0.4, 0.5) is 0 Å². The second-order valence-corrected chi connectivity index (χ2v) is 5.73. The van der Waals surface area contributed by atoms with Gasteiger partial charge in [-0.25, -0.2) is 0 Å². The van der Waals surface area contributed by atoms with Gasteiger partial charge in [0.05, 0.1) is 0 Å². The Morgan fingerprint density at radius 1 is 1.00 bits per heavy atom. The molecule has 1 rings (SSSR count). The normalized spacial score (nSPS) is 26.2. The van der Waals surface area contributed by atoms with Gasteiger partial charge in [-0.15, -0.1) is 0 Å². The van der Waals surface area contributed by atoms with Crippen LogP contribution >= 0.6 is 15.9 Å². The van der Waals surface area contributed by atoms with Crippen molar-refractivity contribution in [2.75, 3.05) is 0 Å². The van der Waals surface area contributed by atoms with E-state index in [1.54, 1.807) is 0 Å². The van der Waals surface area contributed by atoms with Crippen LogP contribution in [0, 0.1) is 11.8 Å². The summed E-state index contributed by atoms with van der Waals surface area (Å²) in [5.74, 6) is 1.85. The van der Waals surface area contributed by atoms with Crippen molar-refractivity contribution in [2.24, 2.45) is 11.8 Å². The van der Waals surface area contributed by atoms with Crippen LogP contribution in [0.3, 0.4) is 0 Å². The van der Waals surface area contributed by atoms with Crippen molar-refractivity contribution in [3.63, 3.8) is 0 Å². The Hall–Kier alpha value is 0.480. The molecule has 1 aliphatic carbocycles. The summed E-state index contributed by atoms with van der Waals surface area (Å²) in [7, 11) is 0. The summed E-state index contributed by atoms with van der Waals surface area (Å²) in [6, 6.07) is 0. The lowest BCUT2D eigenvalue weighted by atomic mass is 9.86. The molecule has 0 spiro atoms. The van der Waals surface area contributed by atoms with Gasteiger partial charge in [0.1, 0.15) is 0 Å². The van der Waals surface area contributed by atoms with Crippen LogP contribution in [0.25, 0.3) is 0 Å². The van der Waals surface area contributed by atoms with E-state index in [-0.39, 0.29) is 0 Å². The second kappa shape index (κ2) is 5.26. The maximum Gasteiger partial charge on any atom is 0.0145 e. The van der Waals surface area contributed by atoms with Gasteiger partial charge in [0.25, 0.3) is 0 Å². The van der Waals surface area contributed by atoms with Crippen LogP contribution in [0.5, 0.6) is 0 Å². The molecule has 0 saturated heterocycles. The van der Waals surface area contributed by atoms with E-state index in [0.29, 0.717) is 4.83 Å². The van der Waals surface area contributed by atoms with E-state index in [1.807, 2.05) is 0 Å². The molecule has 0 aliphatic heterocycles. The Bertz CT molecular complexity index is 112. The summed E-state index contributed by atoms with van der Waals surface area (Å²) in [6.07, 6.45) is 8.82. The molecule has 1 saturated carbocycles. The van der Waals surface area contributed by atoms with Gasteiger partial charge in [0, 0.05) is 4.83 Å². The minimum Gasteiger partial charge on any atom is -0.0891 e. The minimum absolute atomic E-state index is 0.695. The highest BCUT2D eigenvalue weighted by molar-refractivity contribution is 9.09. The van der Waals surface area contributed by atoms with Gasteiger partial charge in [-0.3, -0.25) is 0 Å². The number of hydrogen-bond acceptors (Lipinski definition) is 0. The monoisotopic (exact) mass is 232 g/mol. The Labute approximate surface area is 85.3 Å². The number of hydrogen-bond donors (Lipinski definition) is 0. The zero-order valence-electron chi connectivity index (χ0n) is 8.35. The summed E-state index contributed by atoms with van der Waals surface area (Å²) in [6.45, 7) is 4.69. The van der Waals surface area contributed by atoms with Gasteiger partial charge in [-0.2, -0.15) is 0 Å². The van der Waals surface area contributed by atoms with Gasteiger partial charge in [-0.05, 0) is 11.8 Å². The molecule has 0 aromatic heterocycles. The van der Waals surface area contributed by atoms with Crippen LogP contribution in [-0.2, 0) is 0 Å². The summed E-state index contributed by atoms with van der Waals surface area (Å²) in [5, 5.41) is 0. The third-order valence-electron chi connectivity index (χ3n) is 3.37. The number of halogens is 1. The summed E-state index contributed by atoms with van der Waals surface area (Å²) in [4.78, 5) is 0.695. The molecule has 0 N–H and O–H groups in total. The molecule has 0 aromatic carbocycles. The van der Waals surface area contributed by atoms with Crippen molar-refractivity contribution in [3.8, 4) is 0 Å². The van der Waals surface area contributed by atoms with Gasteiger partial charge in [0.2, 0.25) is 0 Å². The van der Waals surface area contributed by atoms with Crippen molar-refractivity contribution >= 4 is 15.9 Å². The quantitative estimate of drug-likeness (QED) is 0.490. The molecule has 2 unspecified atom stereocenters. The fraction of sp³-hybridized carbons (Fsp3) is 1.00. The van der Waals surface area contributed by atoms with Crippen molar-refractivity contribution in [1.82, 2.24) is 0 Å². The highest BCUT2D eigenvalue weighted by atomic mass is 79.9. The molecule has 1 aliphatic rings. The van der Waals surface area contributed by atoms with E-state index < -0.39 is 0 Å². The third-order valence-corrected chi connectivity index (χ3v) is 4.20. The molecule has 0 radical (unpaired) electrons. The largest absolute Gasteiger partial charge is 0.0891 e. The first-order valence-electron chi connectivity index (χ1n) is 5.36. The number of alkyl halides is 1. The average Bonchev–Trinajstić information content (AvgIpc) is 2.30. The molecule has 1 heteroatoms. The topological polar surface area (TPSA) is 0 Å². The Balaban J connectivity index is 2.37. The van der Waals surface area contributed by atoms with Crippen LogP contribution < -0.4 is 0 Å². The second-order valence-electron chi connectivity index (χ2n) is 4.29. The van der Waals surface area contributed by atoms with Gasteiger partial charge in [0.15, 0.2) is 0 Å². The lowest BCUT2D eigenvalue weighted by molar-refractivity contribution is 0.321. The summed E-state index contributed by atoms with van der Waals surface area (Å²) >= 11 is 3.70. The SMILES string of the molecule is CC(Br)C(C)C1CCCCCC1. The molecule has 2 atom stereocenters. The predicted octanol–water partition coefficient (Wildman–Crippen LogP) is 4.38. The number of rotatable bonds is 2. The molecule has 0 heterocycles. The lowest BCUT2D eigenvalue weighted by Crippen LogP contribution is -2.18. The standard InChI is InChI=1S/C11H21Br/c1-9(10(2)12)11-7-5-3-4-6-8-11/h9-11H,3-8H2,1-2H3. The molecule has 1 fully saturated rings. The van der Waals surface area contributed by atoms with Crippen molar-refractivity contribution in [3.05, 3.63) is 0 Å². The first-order chi connectivity index (χ1) is 5.72. The van der Waals surface area contributed by atoms with Crippen LogP contribution in [0.1, 0.15) is 52.4 Å². The Morgan fingerprint density at radius 2 is 1.50 bits per heavy atom. The van der Waals surface area contributed by atoms with Crippen LogP contribution in [0.15, 0.2) is 0 Å². The van der Waals surface area contributed by atoms with E-state index in [2.05, 4.69) is 29.8 Å². The van der Waals surface area contributed by atoms with Gasteiger partial charge >= 0.3 is 0 Å². The van der Waals surface area contributed by atoms with Gasteiger partial charge < -0.3 is 0 Å². The molecule has 0 aromatic rings. The zero-order chi connectivity index (χ0) is 8.97. The first kappa shape index (κ1) is 10.6. The van der Waals surface area contributed by atoms with Crippen molar-refractivity contribution in [1.29, 1.82) is 0 Å². The fourth-order valence-electron chi connectivity index (χ4n) is 2.21. The average molecular weight is 233 g/mol. The molecular formula is C11H21Br. The molecule has 72 valence electrons. The van der Waals surface area contributed by atoms with E-state index in [0.717, 1.165) is 11.8 Å². The minimum atomic E-state index is 0.695. The molecule has 12 heavy (non-hydrogen) atoms. The Kier molecular flexibility index (Phi) is 4.63. The summed E-state index contributed by atoms with van der Waals surface area (Å²) in [5.41, 5.74) is 0. The maximum atomic E-state index is 3.70. The van der Waals surface area contributed by atoms with E-state index in [1.165, 1.54) is 38.5 Å². The summed E-state index contributed by atoms with van der Waals surface area (Å²) < 4.78 is 0. The fourth-order valence-corrected chi connectivity index (χ4v) is 2.64. The zero-order valence-corrected chi connectivity index (χ0v) is 9.94. The smallest absolute Gasteiger partial charge is 0.0145 e. The molecule has 0 nitrogen and oxygen atoms in total. The first-order valence-corrected chi connectivity index (χ1v) is 6.27. The highest BCUT2D eigenvalue weighted by Crippen LogP contribution is 2.32. The predicted molar refractivity (Wildman–Crippen MR) is 58.7 cm³/mol. The van der Waals surface area contributed by atoms with Crippen LogP contribution in [-0.4, -0.2) is 4.83 Å². The van der Waals surface area contributed by atoms with E-state index in [9.17, 15) is 0 Å².